The number of nitrogens with zero attached hydrogens (tertiary/aromatic N) is 2. The molecule has 1 aliphatic rings. The lowest BCUT2D eigenvalue weighted by Crippen LogP contribution is -2.34. The number of carbonyl (C=O) groups is 3. The smallest absolute Gasteiger partial charge is 0.331 e. The number of amidine groups is 1. The lowest BCUT2D eigenvalue weighted by molar-refractivity contribution is -0.135. The topological polar surface area (TPSA) is 76.0 Å². The average Bonchev–Trinajstić information content (AvgIpc) is 3.02. The van der Waals surface area contributed by atoms with Gasteiger partial charge in [0.25, 0.3) is 11.8 Å². The first kappa shape index (κ1) is 18.9. The monoisotopic (exact) mass is 400 g/mol. The van der Waals surface area contributed by atoms with Gasteiger partial charge in [-0.25, -0.2) is 4.79 Å². The van der Waals surface area contributed by atoms with E-state index < -0.39 is 17.8 Å². The van der Waals surface area contributed by atoms with E-state index in [4.69, 9.17) is 11.6 Å². The van der Waals surface area contributed by atoms with Crippen LogP contribution < -0.4 is 4.90 Å². The van der Waals surface area contributed by atoms with Gasteiger partial charge in [-0.3, -0.25) is 14.5 Å². The third-order valence-electron chi connectivity index (χ3n) is 3.57. The molecular weight excluding hydrogens is 388 g/mol. The summed E-state index contributed by atoms with van der Waals surface area (Å²) in [5.74, 6) is -1.73. The molecule has 136 valence electrons. The molecule has 3 rings (SSSR count). The molecule has 0 N–H and O–H groups in total. The van der Waals surface area contributed by atoms with E-state index in [2.05, 4.69) is 9.73 Å². The van der Waals surface area contributed by atoms with Crippen LogP contribution in [-0.2, 0) is 14.3 Å². The van der Waals surface area contributed by atoms with Crippen LogP contribution in [0.15, 0.2) is 70.6 Å². The quantitative estimate of drug-likeness (QED) is 0.580. The molecule has 2 amide bonds. The molecule has 0 aromatic heterocycles. The van der Waals surface area contributed by atoms with E-state index in [1.54, 1.807) is 54.6 Å². The second kappa shape index (κ2) is 8.20. The Balaban J connectivity index is 2.03. The van der Waals surface area contributed by atoms with Crippen molar-refractivity contribution < 1.29 is 19.1 Å². The summed E-state index contributed by atoms with van der Waals surface area (Å²) < 4.78 is 4.54. The zero-order valence-electron chi connectivity index (χ0n) is 14.1. The highest BCUT2D eigenvalue weighted by Gasteiger charge is 2.32. The van der Waals surface area contributed by atoms with Gasteiger partial charge in [0, 0.05) is 6.08 Å². The Morgan fingerprint density at radius 1 is 1.11 bits per heavy atom. The van der Waals surface area contributed by atoms with Crippen molar-refractivity contribution in [3.63, 3.8) is 0 Å². The minimum Gasteiger partial charge on any atom is -0.466 e. The van der Waals surface area contributed by atoms with Crippen molar-refractivity contribution in [2.75, 3.05) is 12.0 Å². The summed E-state index contributed by atoms with van der Waals surface area (Å²) in [6.45, 7) is 0. The van der Waals surface area contributed by atoms with E-state index in [1.807, 2.05) is 0 Å². The molecule has 2 aromatic rings. The summed E-state index contributed by atoms with van der Waals surface area (Å²) in [6.07, 6.45) is 1.05. The number of aliphatic imine (C=N–C) groups is 1. The molecule has 2 aromatic carbocycles. The Kier molecular flexibility index (Phi) is 5.73. The predicted molar refractivity (Wildman–Crippen MR) is 105 cm³/mol. The van der Waals surface area contributed by atoms with Crippen LogP contribution in [0.1, 0.15) is 10.4 Å². The lowest BCUT2D eigenvalue weighted by Gasteiger charge is -2.22. The molecule has 0 saturated carbocycles. The molecule has 6 nitrogen and oxygen atoms in total. The molecule has 0 bridgehead atoms. The molecule has 0 unspecified atom stereocenters. The van der Waals surface area contributed by atoms with Crippen LogP contribution in [0.3, 0.4) is 0 Å². The number of para-hydroxylation sites is 1. The van der Waals surface area contributed by atoms with Crippen LogP contribution in [0, 0.1) is 0 Å². The molecule has 0 saturated heterocycles. The molecule has 8 heteroatoms. The third kappa shape index (κ3) is 4.10. The van der Waals surface area contributed by atoms with Gasteiger partial charge in [0.15, 0.2) is 5.17 Å². The molecule has 0 spiro atoms. The van der Waals surface area contributed by atoms with E-state index in [9.17, 15) is 14.4 Å². The predicted octanol–water partition coefficient (Wildman–Crippen LogP) is 3.67. The van der Waals surface area contributed by atoms with Gasteiger partial charge in [-0.15, -0.1) is 0 Å². The number of halogens is 1. The van der Waals surface area contributed by atoms with Crippen molar-refractivity contribution in [3.05, 3.63) is 76.2 Å². The van der Waals surface area contributed by atoms with Gasteiger partial charge in [0.05, 0.1) is 28.3 Å². The zero-order valence-corrected chi connectivity index (χ0v) is 15.7. The van der Waals surface area contributed by atoms with Gasteiger partial charge in [-0.1, -0.05) is 41.9 Å². The Bertz CT molecular complexity index is 973. The van der Waals surface area contributed by atoms with Crippen LogP contribution in [-0.4, -0.2) is 30.1 Å². The maximum Gasteiger partial charge on any atom is 0.331 e. The van der Waals surface area contributed by atoms with E-state index >= 15 is 0 Å². The number of ether oxygens (including phenoxy) is 1. The number of hydrogen-bond acceptors (Lipinski definition) is 5. The summed E-state index contributed by atoms with van der Waals surface area (Å²) in [5, 5.41) is 0.412. The number of hydrogen-bond donors (Lipinski definition) is 0. The van der Waals surface area contributed by atoms with Crippen molar-refractivity contribution in [3.8, 4) is 0 Å². The number of amides is 2. The highest BCUT2D eigenvalue weighted by atomic mass is 35.5. The SMILES string of the molecule is COC(=O)C=C1SC(N(C(=O)c2ccccc2Cl)c2ccccc2)=NC1=O. The van der Waals surface area contributed by atoms with Crippen LogP contribution in [0.4, 0.5) is 5.69 Å². The number of anilines is 1. The first-order valence-electron chi connectivity index (χ1n) is 7.76. The van der Waals surface area contributed by atoms with E-state index in [-0.39, 0.29) is 20.7 Å². The number of esters is 1. The Hall–Kier alpha value is -2.90. The molecule has 27 heavy (non-hydrogen) atoms. The minimum atomic E-state index is -0.675. The standard InChI is InChI=1S/C19H13ClN2O4S/c1-26-16(23)11-15-17(24)21-19(27-15)22(12-7-3-2-4-8-12)18(25)13-9-5-6-10-14(13)20/h2-11H,1H3. The molecule has 1 aliphatic heterocycles. The fourth-order valence-corrected chi connectivity index (χ4v) is 3.42. The Morgan fingerprint density at radius 3 is 2.44 bits per heavy atom. The Labute approximate surface area is 164 Å². The van der Waals surface area contributed by atoms with Crippen molar-refractivity contribution in [2.45, 2.75) is 0 Å². The molecule has 0 atom stereocenters. The second-order valence-electron chi connectivity index (χ2n) is 5.29. The molecule has 0 fully saturated rings. The van der Waals surface area contributed by atoms with E-state index in [0.29, 0.717) is 5.69 Å². The summed E-state index contributed by atoms with van der Waals surface area (Å²) in [5.41, 5.74) is 0.782. The Morgan fingerprint density at radius 2 is 1.78 bits per heavy atom. The molecule has 0 radical (unpaired) electrons. The molecular formula is C19H13ClN2O4S. The lowest BCUT2D eigenvalue weighted by atomic mass is 10.2. The van der Waals surface area contributed by atoms with Crippen LogP contribution in [0.5, 0.6) is 0 Å². The number of thioether (sulfide) groups is 1. The van der Waals surface area contributed by atoms with Gasteiger partial charge in [0.2, 0.25) is 0 Å². The van der Waals surface area contributed by atoms with Crippen LogP contribution in [0.25, 0.3) is 0 Å². The van der Waals surface area contributed by atoms with Gasteiger partial charge in [-0.2, -0.15) is 4.99 Å². The largest absolute Gasteiger partial charge is 0.466 e. The van der Waals surface area contributed by atoms with Crippen molar-refractivity contribution in [1.29, 1.82) is 0 Å². The fraction of sp³-hybridized carbons (Fsp3) is 0.0526. The minimum absolute atomic E-state index is 0.0738. The third-order valence-corrected chi connectivity index (χ3v) is 4.87. The first-order valence-corrected chi connectivity index (χ1v) is 8.95. The summed E-state index contributed by atoms with van der Waals surface area (Å²) in [7, 11) is 1.21. The van der Waals surface area contributed by atoms with E-state index in [1.165, 1.54) is 12.0 Å². The summed E-state index contributed by atoms with van der Waals surface area (Å²) in [6, 6.07) is 15.4. The van der Waals surface area contributed by atoms with Crippen molar-refractivity contribution >= 4 is 52.0 Å². The maximum absolute atomic E-state index is 13.2. The van der Waals surface area contributed by atoms with E-state index in [0.717, 1.165) is 17.8 Å². The normalized spacial score (nSPS) is 14.8. The average molecular weight is 401 g/mol. The highest BCUT2D eigenvalue weighted by Crippen LogP contribution is 2.33. The molecule has 1 heterocycles. The van der Waals surface area contributed by atoms with Crippen LogP contribution >= 0.6 is 23.4 Å². The van der Waals surface area contributed by atoms with Crippen LogP contribution in [0.2, 0.25) is 5.02 Å². The number of rotatable bonds is 3. The van der Waals surface area contributed by atoms with Crippen molar-refractivity contribution in [2.24, 2.45) is 4.99 Å². The zero-order chi connectivity index (χ0) is 19.4. The fourth-order valence-electron chi connectivity index (χ4n) is 2.31. The first-order chi connectivity index (χ1) is 13.0. The molecule has 0 aliphatic carbocycles. The number of methoxy groups -OCH3 is 1. The van der Waals surface area contributed by atoms with Gasteiger partial charge in [0.1, 0.15) is 0 Å². The maximum atomic E-state index is 13.2. The van der Waals surface area contributed by atoms with Gasteiger partial charge < -0.3 is 4.74 Å². The summed E-state index contributed by atoms with van der Waals surface area (Å²) >= 11 is 7.09. The van der Waals surface area contributed by atoms with Crippen molar-refractivity contribution in [1.82, 2.24) is 0 Å². The second-order valence-corrected chi connectivity index (χ2v) is 6.71. The number of carbonyl (C=O) groups excluding carboxylic acids is 3. The van der Waals surface area contributed by atoms with Gasteiger partial charge >= 0.3 is 5.97 Å². The summed E-state index contributed by atoms with van der Waals surface area (Å²) in [4.78, 5) is 42.1. The highest BCUT2D eigenvalue weighted by molar-refractivity contribution is 8.18. The number of benzene rings is 2. The van der Waals surface area contributed by atoms with Gasteiger partial charge in [-0.05, 0) is 36.0 Å².